The highest BCUT2D eigenvalue weighted by molar-refractivity contribution is 5.62. The first-order valence-electron chi connectivity index (χ1n) is 3.95. The van der Waals surface area contributed by atoms with Gasteiger partial charge in [0.05, 0.1) is 5.70 Å². The van der Waals surface area contributed by atoms with Crippen molar-refractivity contribution in [2.24, 2.45) is 5.84 Å². The molecule has 0 aromatic carbocycles. The van der Waals surface area contributed by atoms with Gasteiger partial charge >= 0.3 is 0 Å². The van der Waals surface area contributed by atoms with Gasteiger partial charge in [0.15, 0.2) is 0 Å². The van der Waals surface area contributed by atoms with Crippen molar-refractivity contribution in [2.45, 2.75) is 13.3 Å². The van der Waals surface area contributed by atoms with Gasteiger partial charge in [-0.15, -0.1) is 0 Å². The van der Waals surface area contributed by atoms with E-state index in [1.54, 1.807) is 12.4 Å². The molecule has 0 unspecified atom stereocenters. The largest absolute Gasteiger partial charge is 0.324 e. The maximum absolute atomic E-state index is 5.35. The molecule has 0 amide bonds. The molecule has 0 saturated carbocycles. The molecule has 0 aliphatic carbocycles. The van der Waals surface area contributed by atoms with Crippen LogP contribution < -0.4 is 11.3 Å². The molecule has 12 heavy (non-hydrogen) atoms. The highest BCUT2D eigenvalue weighted by atomic mass is 15.2. The van der Waals surface area contributed by atoms with E-state index in [1.165, 1.54) is 0 Å². The Bertz CT molecular complexity index is 254. The fourth-order valence-electron chi connectivity index (χ4n) is 0.996. The van der Waals surface area contributed by atoms with Gasteiger partial charge in [0.1, 0.15) is 0 Å². The zero-order valence-corrected chi connectivity index (χ0v) is 7.12. The van der Waals surface area contributed by atoms with E-state index in [0.29, 0.717) is 0 Å². The van der Waals surface area contributed by atoms with Gasteiger partial charge in [-0.2, -0.15) is 0 Å². The summed E-state index contributed by atoms with van der Waals surface area (Å²) in [5.41, 5.74) is 4.66. The highest BCUT2D eigenvalue weighted by Gasteiger charge is 1.95. The number of aromatic nitrogens is 1. The number of rotatable bonds is 3. The average Bonchev–Trinajstić information content (AvgIpc) is 2.15. The molecular formula is C9H13N3. The molecule has 0 radical (unpaired) electrons. The van der Waals surface area contributed by atoms with Crippen LogP contribution in [0.3, 0.4) is 0 Å². The quantitative estimate of drug-likeness (QED) is 0.521. The van der Waals surface area contributed by atoms with E-state index in [-0.39, 0.29) is 0 Å². The second-order valence-corrected chi connectivity index (χ2v) is 2.41. The third-order valence-electron chi connectivity index (χ3n) is 1.56. The van der Waals surface area contributed by atoms with Crippen LogP contribution in [0.4, 0.5) is 0 Å². The van der Waals surface area contributed by atoms with E-state index < -0.39 is 0 Å². The van der Waals surface area contributed by atoms with Gasteiger partial charge in [-0.3, -0.25) is 10.8 Å². The third-order valence-corrected chi connectivity index (χ3v) is 1.56. The Hall–Kier alpha value is -1.35. The number of hydrogen-bond donors (Lipinski definition) is 2. The first-order chi connectivity index (χ1) is 5.88. The van der Waals surface area contributed by atoms with Gasteiger partial charge in [0.2, 0.25) is 0 Å². The molecule has 3 heteroatoms. The normalized spacial score (nSPS) is 11.3. The van der Waals surface area contributed by atoms with Gasteiger partial charge in [-0.05, 0) is 18.6 Å². The summed E-state index contributed by atoms with van der Waals surface area (Å²) in [6, 6.07) is 3.84. The van der Waals surface area contributed by atoms with Crippen molar-refractivity contribution < 1.29 is 0 Å². The molecule has 0 aliphatic heterocycles. The van der Waals surface area contributed by atoms with Crippen LogP contribution in [0.5, 0.6) is 0 Å². The summed E-state index contributed by atoms with van der Waals surface area (Å²) in [4.78, 5) is 3.93. The van der Waals surface area contributed by atoms with Crippen molar-refractivity contribution >= 4 is 5.70 Å². The monoisotopic (exact) mass is 163 g/mol. The Morgan fingerprint density at radius 3 is 2.75 bits per heavy atom. The van der Waals surface area contributed by atoms with E-state index in [1.807, 2.05) is 18.2 Å². The van der Waals surface area contributed by atoms with Gasteiger partial charge in [0.25, 0.3) is 0 Å². The van der Waals surface area contributed by atoms with Crippen LogP contribution in [0.25, 0.3) is 5.70 Å². The number of hydrazine groups is 1. The fraction of sp³-hybridized carbons (Fsp3) is 0.222. The van der Waals surface area contributed by atoms with Crippen molar-refractivity contribution in [1.82, 2.24) is 10.4 Å². The Kier molecular flexibility index (Phi) is 3.29. The summed E-state index contributed by atoms with van der Waals surface area (Å²) in [6.45, 7) is 2.07. The van der Waals surface area contributed by atoms with Gasteiger partial charge < -0.3 is 5.43 Å². The summed E-state index contributed by atoms with van der Waals surface area (Å²) >= 11 is 0. The number of nitrogens with one attached hydrogen (secondary N) is 1. The zero-order chi connectivity index (χ0) is 8.81. The first-order valence-corrected chi connectivity index (χ1v) is 3.95. The lowest BCUT2D eigenvalue weighted by atomic mass is 10.2. The molecule has 1 heterocycles. The maximum Gasteiger partial charge on any atom is 0.0518 e. The molecule has 0 saturated heterocycles. The van der Waals surface area contributed by atoms with E-state index in [4.69, 9.17) is 5.84 Å². The Morgan fingerprint density at radius 1 is 1.58 bits per heavy atom. The highest BCUT2D eigenvalue weighted by Crippen LogP contribution is 2.08. The summed E-state index contributed by atoms with van der Waals surface area (Å²) in [5.74, 6) is 5.35. The lowest BCUT2D eigenvalue weighted by molar-refractivity contribution is 0.979. The Labute approximate surface area is 72.3 Å². The number of pyridine rings is 1. The van der Waals surface area contributed by atoms with Crippen LogP contribution in [-0.4, -0.2) is 4.98 Å². The summed E-state index contributed by atoms with van der Waals surface area (Å²) in [6.07, 6.45) is 6.49. The van der Waals surface area contributed by atoms with Crippen LogP contribution in [0, 0.1) is 0 Å². The molecule has 64 valence electrons. The number of hydrogen-bond acceptors (Lipinski definition) is 3. The lowest BCUT2D eigenvalue weighted by Crippen LogP contribution is -2.19. The standard InChI is InChI=1S/C9H13N3/c1-2-3-9(12-10)8-4-6-11-7-5-8/h3-7,12H,2,10H2,1H3. The molecule has 0 fully saturated rings. The lowest BCUT2D eigenvalue weighted by Gasteiger charge is -2.04. The topological polar surface area (TPSA) is 50.9 Å². The SMILES string of the molecule is CCC=C(NN)c1ccncc1. The molecule has 0 bridgehead atoms. The number of nitrogens with two attached hydrogens (primary N) is 1. The van der Waals surface area contributed by atoms with Crippen LogP contribution in [0.1, 0.15) is 18.9 Å². The van der Waals surface area contributed by atoms with Crippen LogP contribution in [-0.2, 0) is 0 Å². The number of nitrogens with zero attached hydrogens (tertiary/aromatic N) is 1. The van der Waals surface area contributed by atoms with Gasteiger partial charge in [-0.1, -0.05) is 13.0 Å². The Balaban J connectivity index is 2.88. The maximum atomic E-state index is 5.35. The van der Waals surface area contributed by atoms with Gasteiger partial charge in [-0.25, -0.2) is 0 Å². The van der Waals surface area contributed by atoms with Crippen molar-refractivity contribution in [1.29, 1.82) is 0 Å². The smallest absolute Gasteiger partial charge is 0.0518 e. The van der Waals surface area contributed by atoms with E-state index in [9.17, 15) is 0 Å². The van der Waals surface area contributed by atoms with Crippen molar-refractivity contribution in [2.75, 3.05) is 0 Å². The minimum Gasteiger partial charge on any atom is -0.324 e. The molecular weight excluding hydrogens is 150 g/mol. The number of allylic oxidation sites excluding steroid dienone is 1. The van der Waals surface area contributed by atoms with E-state index in [0.717, 1.165) is 17.7 Å². The summed E-state index contributed by atoms with van der Waals surface area (Å²) in [5, 5.41) is 0. The van der Waals surface area contributed by atoms with Crippen molar-refractivity contribution in [3.63, 3.8) is 0 Å². The van der Waals surface area contributed by atoms with Crippen LogP contribution in [0.15, 0.2) is 30.6 Å². The summed E-state index contributed by atoms with van der Waals surface area (Å²) in [7, 11) is 0. The molecule has 1 aromatic rings. The predicted molar refractivity (Wildman–Crippen MR) is 49.8 cm³/mol. The van der Waals surface area contributed by atoms with Crippen molar-refractivity contribution in [3.8, 4) is 0 Å². The minimum atomic E-state index is 0.944. The zero-order valence-electron chi connectivity index (χ0n) is 7.12. The third kappa shape index (κ3) is 2.07. The van der Waals surface area contributed by atoms with E-state index in [2.05, 4.69) is 17.3 Å². The predicted octanol–water partition coefficient (Wildman–Crippen LogP) is 1.30. The minimum absolute atomic E-state index is 0.944. The molecule has 1 rings (SSSR count). The second kappa shape index (κ2) is 4.51. The molecule has 0 spiro atoms. The van der Waals surface area contributed by atoms with E-state index >= 15 is 0 Å². The molecule has 0 atom stereocenters. The second-order valence-electron chi connectivity index (χ2n) is 2.41. The van der Waals surface area contributed by atoms with Crippen LogP contribution in [0.2, 0.25) is 0 Å². The van der Waals surface area contributed by atoms with Gasteiger partial charge in [0, 0.05) is 18.0 Å². The molecule has 0 aliphatic rings. The van der Waals surface area contributed by atoms with Crippen molar-refractivity contribution in [3.05, 3.63) is 36.2 Å². The molecule has 3 nitrogen and oxygen atoms in total. The fourth-order valence-corrected chi connectivity index (χ4v) is 0.996. The van der Waals surface area contributed by atoms with Crippen LogP contribution >= 0.6 is 0 Å². The summed E-state index contributed by atoms with van der Waals surface area (Å²) < 4.78 is 0. The molecule has 1 aromatic heterocycles. The first kappa shape index (κ1) is 8.74. The molecule has 3 N–H and O–H groups in total. The Morgan fingerprint density at radius 2 is 2.25 bits per heavy atom. The average molecular weight is 163 g/mol.